The molecule has 0 radical (unpaired) electrons. The maximum Gasteiger partial charge on any atom is 0.352 e. The number of carbonyl (C=O) groups is 2. The summed E-state index contributed by atoms with van der Waals surface area (Å²) >= 11 is 6.27. The third-order valence-electron chi connectivity index (χ3n) is 6.49. The second-order valence-electron chi connectivity index (χ2n) is 8.78. The number of benzene rings is 2. The first kappa shape index (κ1) is 22.8. The maximum absolute atomic E-state index is 13.3. The number of nitrogens with zero attached hydrogens (tertiary/aromatic N) is 3. The van der Waals surface area contributed by atoms with E-state index in [1.807, 2.05) is 12.1 Å². The van der Waals surface area contributed by atoms with Gasteiger partial charge in [0.1, 0.15) is 18.1 Å². The first-order chi connectivity index (χ1) is 17.9. The molecule has 0 fully saturated rings. The summed E-state index contributed by atoms with van der Waals surface area (Å²) in [6.07, 6.45) is 2.61. The summed E-state index contributed by atoms with van der Waals surface area (Å²) in [5, 5.41) is 18.8. The number of carboxylic acid groups (broad SMARTS) is 1. The van der Waals surface area contributed by atoms with Crippen LogP contribution in [0.1, 0.15) is 28.6 Å². The minimum absolute atomic E-state index is 0.0671. The van der Waals surface area contributed by atoms with Crippen LogP contribution in [-0.2, 0) is 11.2 Å². The highest BCUT2D eigenvalue weighted by molar-refractivity contribution is 6.31. The number of nitrogens with one attached hydrogen (secondary N) is 4. The summed E-state index contributed by atoms with van der Waals surface area (Å²) in [5.74, 6) is -1.37. The van der Waals surface area contributed by atoms with Crippen molar-refractivity contribution < 1.29 is 14.7 Å². The first-order valence-electron chi connectivity index (χ1n) is 11.4. The van der Waals surface area contributed by atoms with E-state index in [1.165, 1.54) is 16.7 Å². The summed E-state index contributed by atoms with van der Waals surface area (Å²) in [6, 6.07) is 14.7. The van der Waals surface area contributed by atoms with Crippen LogP contribution in [0.2, 0.25) is 5.02 Å². The number of pyridine rings is 1. The van der Waals surface area contributed by atoms with Crippen LogP contribution in [0.25, 0.3) is 22.0 Å². The van der Waals surface area contributed by atoms with Crippen LogP contribution in [0, 0.1) is 0 Å². The number of amides is 1. The minimum atomic E-state index is -1.06. The Balaban J connectivity index is 1.29. The van der Waals surface area contributed by atoms with E-state index in [9.17, 15) is 19.5 Å². The molecule has 0 saturated heterocycles. The Labute approximate surface area is 214 Å². The van der Waals surface area contributed by atoms with E-state index in [1.54, 1.807) is 41.7 Å². The second kappa shape index (κ2) is 8.80. The van der Waals surface area contributed by atoms with Crippen LogP contribution in [0.15, 0.2) is 64.5 Å². The fourth-order valence-electron chi connectivity index (χ4n) is 4.82. The van der Waals surface area contributed by atoms with E-state index in [0.29, 0.717) is 40.0 Å². The van der Waals surface area contributed by atoms with Gasteiger partial charge in [0.2, 0.25) is 5.91 Å². The Kier molecular flexibility index (Phi) is 5.43. The van der Waals surface area contributed by atoms with E-state index in [0.717, 1.165) is 16.9 Å². The van der Waals surface area contributed by atoms with Gasteiger partial charge in [0.05, 0.1) is 5.69 Å². The van der Waals surface area contributed by atoms with Gasteiger partial charge in [-0.05, 0) is 66.9 Å². The smallest absolute Gasteiger partial charge is 0.352 e. The molecule has 2 aliphatic heterocycles. The van der Waals surface area contributed by atoms with Crippen molar-refractivity contribution in [1.29, 1.82) is 0 Å². The van der Waals surface area contributed by atoms with Crippen molar-refractivity contribution in [2.75, 3.05) is 10.3 Å². The van der Waals surface area contributed by atoms with Gasteiger partial charge in [0.25, 0.3) is 5.56 Å². The first-order valence-corrected chi connectivity index (χ1v) is 11.8. The molecular formula is C25H20ClN7O4. The average molecular weight is 518 g/mol. The number of aromatic amines is 1. The summed E-state index contributed by atoms with van der Waals surface area (Å²) in [7, 11) is 0. The Bertz CT molecular complexity index is 1680. The molecule has 1 atom stereocenters. The van der Waals surface area contributed by atoms with Crippen molar-refractivity contribution in [2.24, 2.45) is 5.10 Å². The highest BCUT2D eigenvalue weighted by Gasteiger charge is 2.30. The zero-order chi connectivity index (χ0) is 25.7. The number of fused-ring (bicyclic) bond motifs is 2. The quantitative estimate of drug-likeness (QED) is 0.273. The number of hydrazone groups is 1. The molecular weight excluding hydrogens is 498 g/mol. The van der Waals surface area contributed by atoms with Gasteiger partial charge in [-0.3, -0.25) is 9.59 Å². The van der Waals surface area contributed by atoms with Crippen molar-refractivity contribution >= 4 is 52.1 Å². The molecule has 2 aromatic heterocycles. The minimum Gasteiger partial charge on any atom is -0.477 e. The van der Waals surface area contributed by atoms with Crippen molar-refractivity contribution in [3.05, 3.63) is 81.4 Å². The van der Waals surface area contributed by atoms with Gasteiger partial charge < -0.3 is 20.0 Å². The van der Waals surface area contributed by atoms with Crippen molar-refractivity contribution in [1.82, 2.24) is 20.6 Å². The monoisotopic (exact) mass is 517 g/mol. The topological polar surface area (TPSA) is 144 Å². The van der Waals surface area contributed by atoms with E-state index in [-0.39, 0.29) is 17.2 Å². The Morgan fingerprint density at radius 3 is 2.76 bits per heavy atom. The van der Waals surface area contributed by atoms with Gasteiger partial charge in [-0.2, -0.15) is 5.10 Å². The third-order valence-corrected chi connectivity index (χ3v) is 6.73. The number of aryl methyl sites for hydroxylation is 1. The van der Waals surface area contributed by atoms with Crippen molar-refractivity contribution in [3.63, 3.8) is 0 Å². The lowest BCUT2D eigenvalue weighted by molar-refractivity contribution is -0.119. The number of hydrazine groups is 2. The van der Waals surface area contributed by atoms with Gasteiger partial charge in [-0.25, -0.2) is 15.3 Å². The zero-order valence-electron chi connectivity index (χ0n) is 19.2. The van der Waals surface area contributed by atoms with Crippen LogP contribution >= 0.6 is 11.6 Å². The van der Waals surface area contributed by atoms with Crippen LogP contribution < -0.4 is 27.0 Å². The molecule has 11 nitrogen and oxygen atoms in total. The maximum atomic E-state index is 13.3. The number of rotatable bonds is 5. The number of halogens is 1. The summed E-state index contributed by atoms with van der Waals surface area (Å²) in [6.45, 7) is 0. The zero-order valence-corrected chi connectivity index (χ0v) is 19.9. The van der Waals surface area contributed by atoms with E-state index in [4.69, 9.17) is 11.6 Å². The Morgan fingerprint density at radius 2 is 1.97 bits per heavy atom. The second-order valence-corrected chi connectivity index (χ2v) is 9.21. The molecule has 4 heterocycles. The number of carbonyl (C=O) groups excluding carboxylic acids is 1. The average Bonchev–Trinajstić information content (AvgIpc) is 3.63. The molecule has 37 heavy (non-hydrogen) atoms. The van der Waals surface area contributed by atoms with Crippen LogP contribution in [0.4, 0.5) is 11.4 Å². The molecule has 186 valence electrons. The van der Waals surface area contributed by atoms with Gasteiger partial charge in [-0.15, -0.1) is 5.53 Å². The molecule has 1 amide bonds. The molecule has 5 N–H and O–H groups in total. The molecule has 0 bridgehead atoms. The Morgan fingerprint density at radius 1 is 1.11 bits per heavy atom. The molecule has 4 aromatic rings. The summed E-state index contributed by atoms with van der Waals surface area (Å²) in [4.78, 5) is 40.5. The van der Waals surface area contributed by atoms with Gasteiger partial charge in [-0.1, -0.05) is 11.6 Å². The number of aromatic carboxylic acids is 1. The predicted molar refractivity (Wildman–Crippen MR) is 140 cm³/mol. The summed E-state index contributed by atoms with van der Waals surface area (Å²) in [5.41, 5.74) is 9.40. The largest absolute Gasteiger partial charge is 0.477 e. The fraction of sp³-hybridized carbons (Fsp3) is 0.120. The fourth-order valence-corrected chi connectivity index (χ4v) is 4.99. The number of anilines is 2. The normalized spacial score (nSPS) is 16.1. The number of hydrogen-bond donors (Lipinski definition) is 5. The van der Waals surface area contributed by atoms with Crippen LogP contribution in [0.3, 0.4) is 0 Å². The lowest BCUT2D eigenvalue weighted by Gasteiger charge is -2.19. The molecule has 0 saturated carbocycles. The van der Waals surface area contributed by atoms with Gasteiger partial charge >= 0.3 is 5.97 Å². The number of aromatic nitrogens is 2. The van der Waals surface area contributed by atoms with E-state index in [2.05, 4.69) is 26.5 Å². The van der Waals surface area contributed by atoms with Gasteiger partial charge in [0.15, 0.2) is 0 Å². The van der Waals surface area contributed by atoms with Crippen molar-refractivity contribution in [3.8, 4) is 11.1 Å². The highest BCUT2D eigenvalue weighted by Crippen LogP contribution is 2.35. The number of carboxylic acids is 1. The molecule has 6 rings (SSSR count). The molecule has 0 spiro atoms. The molecule has 12 heteroatoms. The lowest BCUT2D eigenvalue weighted by atomic mass is 10.0. The molecule has 0 aliphatic carbocycles. The molecule has 2 aromatic carbocycles. The number of hydrogen-bond acceptors (Lipinski definition) is 7. The Hall–Kier alpha value is -4.61. The van der Waals surface area contributed by atoms with Crippen LogP contribution in [0.5, 0.6) is 0 Å². The highest BCUT2D eigenvalue weighted by atomic mass is 35.5. The predicted octanol–water partition coefficient (Wildman–Crippen LogP) is 3.25. The SMILES string of the molecule is O=C(O)c1cc2cc(NC(=O)C3CCc4cc(-c5cc(Cl)ccc5N5C=NNN5)cc(=O)n43)ccc2[nH]1. The van der Waals surface area contributed by atoms with E-state index < -0.39 is 12.0 Å². The number of H-pyrrole nitrogens is 1. The van der Waals surface area contributed by atoms with E-state index >= 15 is 0 Å². The van der Waals surface area contributed by atoms with Crippen molar-refractivity contribution in [2.45, 2.75) is 18.9 Å². The molecule has 1 unspecified atom stereocenters. The van der Waals surface area contributed by atoms with Gasteiger partial charge in [0, 0.05) is 38.9 Å². The molecule has 2 aliphatic rings. The third kappa shape index (κ3) is 4.09. The van der Waals surface area contributed by atoms with Crippen LogP contribution in [-0.4, -0.2) is 32.9 Å². The lowest BCUT2D eigenvalue weighted by Crippen LogP contribution is -2.37. The standard InChI is InChI=1S/C25H20ClN7O4/c26-15-1-5-21(32-12-27-30-31-32)18(11-15)13-8-17-3-6-22(33(17)23(34)10-13)24(35)28-16-2-4-19-14(7-16)9-20(29-19)25(36)37/h1-2,4-5,7-12,22,29-31H,3,6H2,(H,28,35)(H,36,37). The summed E-state index contributed by atoms with van der Waals surface area (Å²) < 4.78 is 1.53.